The number of carbonyl (C=O) groups is 4. The van der Waals surface area contributed by atoms with E-state index in [-0.39, 0.29) is 18.6 Å². The van der Waals surface area contributed by atoms with Crippen molar-refractivity contribution in [1.29, 1.82) is 0 Å². The molecule has 0 radical (unpaired) electrons. The average Bonchev–Trinajstić information content (AvgIpc) is 2.13. The highest BCUT2D eigenvalue weighted by molar-refractivity contribution is 6.20. The molecule has 0 spiro atoms. The van der Waals surface area contributed by atoms with Crippen molar-refractivity contribution in [3.8, 4) is 0 Å². The Morgan fingerprint density at radius 3 is 2.19 bits per heavy atom. The van der Waals surface area contributed by atoms with Gasteiger partial charge in [-0.25, -0.2) is 4.79 Å². The Morgan fingerprint density at radius 2 is 1.81 bits per heavy atom. The number of nitrogens with one attached hydrogen (secondary N) is 2. The van der Waals surface area contributed by atoms with Gasteiger partial charge in [-0.3, -0.25) is 25.0 Å². The van der Waals surface area contributed by atoms with Crippen LogP contribution in [0.1, 0.15) is 19.8 Å². The minimum absolute atomic E-state index is 0.0114. The summed E-state index contributed by atoms with van der Waals surface area (Å²) < 4.78 is 0. The van der Waals surface area contributed by atoms with E-state index in [2.05, 4.69) is 6.58 Å². The van der Waals surface area contributed by atoms with E-state index >= 15 is 0 Å². The lowest BCUT2D eigenvalue weighted by Gasteiger charge is -2.32. The average molecular weight is 224 g/mol. The van der Waals surface area contributed by atoms with Crippen molar-refractivity contribution in [3.63, 3.8) is 0 Å². The van der Waals surface area contributed by atoms with Crippen LogP contribution in [0.15, 0.2) is 12.7 Å². The zero-order valence-corrected chi connectivity index (χ0v) is 8.83. The Labute approximate surface area is 92.1 Å². The van der Waals surface area contributed by atoms with E-state index in [9.17, 15) is 19.2 Å². The third-order valence-electron chi connectivity index (χ3n) is 2.37. The van der Waals surface area contributed by atoms with Crippen molar-refractivity contribution in [2.45, 2.75) is 19.8 Å². The highest BCUT2D eigenvalue weighted by atomic mass is 16.2. The maximum absolute atomic E-state index is 11.7. The first-order chi connectivity index (χ1) is 7.42. The highest BCUT2D eigenvalue weighted by Crippen LogP contribution is 2.30. The van der Waals surface area contributed by atoms with Crippen molar-refractivity contribution in [1.82, 2.24) is 10.6 Å². The zero-order valence-electron chi connectivity index (χ0n) is 8.83. The second-order valence-electron chi connectivity index (χ2n) is 3.69. The van der Waals surface area contributed by atoms with Gasteiger partial charge in [-0.2, -0.15) is 0 Å². The molecule has 0 aromatic rings. The van der Waals surface area contributed by atoms with Crippen LogP contribution >= 0.6 is 0 Å². The van der Waals surface area contributed by atoms with Crippen molar-refractivity contribution in [2.75, 3.05) is 0 Å². The van der Waals surface area contributed by atoms with Crippen LogP contribution in [0, 0.1) is 5.41 Å². The third-order valence-corrected chi connectivity index (χ3v) is 2.37. The summed E-state index contributed by atoms with van der Waals surface area (Å²) in [5.74, 6) is -1.81. The smallest absolute Gasteiger partial charge is 0.300 e. The van der Waals surface area contributed by atoms with Crippen LogP contribution in [0.2, 0.25) is 0 Å². The van der Waals surface area contributed by atoms with Crippen LogP contribution in [0.5, 0.6) is 0 Å². The predicted molar refractivity (Wildman–Crippen MR) is 54.2 cm³/mol. The number of rotatable bonds is 4. The topological polar surface area (TPSA) is 92.3 Å². The number of urea groups is 1. The van der Waals surface area contributed by atoms with Gasteiger partial charge >= 0.3 is 6.03 Å². The third kappa shape index (κ3) is 2.00. The molecular formula is C10H12N2O4. The normalized spacial score (nSPS) is 18.7. The van der Waals surface area contributed by atoms with Gasteiger partial charge in [0.25, 0.3) is 0 Å². The van der Waals surface area contributed by atoms with E-state index in [0.29, 0.717) is 0 Å². The molecule has 1 aliphatic heterocycles. The second-order valence-corrected chi connectivity index (χ2v) is 3.69. The number of hydrogen-bond acceptors (Lipinski definition) is 4. The molecule has 0 aliphatic carbocycles. The number of ketones is 1. The summed E-state index contributed by atoms with van der Waals surface area (Å²) in [6, 6.07) is -0.863. The molecule has 2 N–H and O–H groups in total. The lowest BCUT2D eigenvalue weighted by atomic mass is 9.77. The summed E-state index contributed by atoms with van der Waals surface area (Å²) in [6.07, 6.45) is 1.14. The van der Waals surface area contributed by atoms with E-state index < -0.39 is 23.3 Å². The van der Waals surface area contributed by atoms with Gasteiger partial charge < -0.3 is 0 Å². The van der Waals surface area contributed by atoms with Crippen LogP contribution < -0.4 is 10.6 Å². The molecule has 6 nitrogen and oxygen atoms in total. The largest absolute Gasteiger partial charge is 0.328 e. The Kier molecular flexibility index (Phi) is 3.22. The number of carbonyl (C=O) groups excluding carboxylic acids is 4. The summed E-state index contributed by atoms with van der Waals surface area (Å²) in [7, 11) is 0. The van der Waals surface area contributed by atoms with Crippen LogP contribution in [0.3, 0.4) is 0 Å². The number of amides is 4. The first-order valence-electron chi connectivity index (χ1n) is 4.69. The number of hydrogen-bond donors (Lipinski definition) is 2. The molecule has 0 bridgehead atoms. The Morgan fingerprint density at radius 1 is 1.31 bits per heavy atom. The molecule has 0 atom stereocenters. The second kappa shape index (κ2) is 4.26. The van der Waals surface area contributed by atoms with Crippen molar-refractivity contribution >= 4 is 23.6 Å². The van der Waals surface area contributed by atoms with Crippen molar-refractivity contribution in [3.05, 3.63) is 12.7 Å². The Balaban J connectivity index is 3.10. The number of Topliss-reactive ketones (excluding diaryl/α,β-unsaturated/α-hetero) is 1. The van der Waals surface area contributed by atoms with Crippen molar-refractivity contribution < 1.29 is 19.2 Å². The maximum atomic E-state index is 11.7. The van der Waals surface area contributed by atoms with Gasteiger partial charge in [-0.15, -0.1) is 6.58 Å². The Hall–Kier alpha value is -1.98. The molecule has 6 heteroatoms. The molecular weight excluding hydrogens is 212 g/mol. The molecule has 1 fully saturated rings. The SMILES string of the molecule is C=CCC1(CC(C)=O)C(=O)NC(=O)NC1=O. The maximum Gasteiger partial charge on any atom is 0.328 e. The van der Waals surface area contributed by atoms with E-state index in [0.717, 1.165) is 0 Å². The number of imide groups is 2. The van der Waals surface area contributed by atoms with Gasteiger partial charge in [0.1, 0.15) is 11.2 Å². The van der Waals surface area contributed by atoms with Gasteiger partial charge in [0.2, 0.25) is 11.8 Å². The quantitative estimate of drug-likeness (QED) is 0.515. The monoisotopic (exact) mass is 224 g/mol. The predicted octanol–water partition coefficient (Wildman–Crippen LogP) is -0.106. The van der Waals surface area contributed by atoms with E-state index in [1.54, 1.807) is 0 Å². The van der Waals surface area contributed by atoms with Crippen LogP contribution in [-0.2, 0) is 14.4 Å². The molecule has 86 valence electrons. The summed E-state index contributed by atoms with van der Waals surface area (Å²) in [6.45, 7) is 4.72. The molecule has 1 aliphatic rings. The molecule has 0 aromatic carbocycles. The molecule has 0 saturated carbocycles. The van der Waals surface area contributed by atoms with Gasteiger partial charge in [0.05, 0.1) is 0 Å². The Bertz CT molecular complexity index is 366. The minimum atomic E-state index is -1.54. The summed E-state index contributed by atoms with van der Waals surface area (Å²) in [5.41, 5.74) is -1.54. The highest BCUT2D eigenvalue weighted by Gasteiger charge is 2.49. The lowest BCUT2D eigenvalue weighted by molar-refractivity contribution is -0.147. The van der Waals surface area contributed by atoms with E-state index in [4.69, 9.17) is 0 Å². The molecule has 1 rings (SSSR count). The molecule has 1 heterocycles. The molecule has 4 amide bonds. The molecule has 0 aromatic heterocycles. The molecule has 1 saturated heterocycles. The fourth-order valence-corrected chi connectivity index (χ4v) is 1.67. The molecule has 0 unspecified atom stereocenters. The van der Waals surface area contributed by atoms with Gasteiger partial charge in [0, 0.05) is 6.42 Å². The fraction of sp³-hybridized carbons (Fsp3) is 0.400. The van der Waals surface area contributed by atoms with E-state index in [1.165, 1.54) is 13.0 Å². The first-order valence-corrected chi connectivity index (χ1v) is 4.69. The standard InChI is InChI=1S/C10H12N2O4/c1-3-4-10(5-6(2)13)7(14)11-9(16)12-8(10)15/h3H,1,4-5H2,2H3,(H2,11,12,14,15,16). The van der Waals surface area contributed by atoms with E-state index in [1.807, 2.05) is 10.6 Å². The van der Waals surface area contributed by atoms with Gasteiger partial charge in [0.15, 0.2) is 0 Å². The summed E-state index contributed by atoms with van der Waals surface area (Å²) >= 11 is 0. The summed E-state index contributed by atoms with van der Waals surface area (Å²) in [4.78, 5) is 45.3. The molecule has 16 heavy (non-hydrogen) atoms. The fourth-order valence-electron chi connectivity index (χ4n) is 1.67. The van der Waals surface area contributed by atoms with Gasteiger partial charge in [-0.1, -0.05) is 6.08 Å². The summed E-state index contributed by atoms with van der Waals surface area (Å²) in [5, 5.41) is 3.96. The number of barbiturate groups is 1. The first kappa shape index (κ1) is 12.1. The van der Waals surface area contributed by atoms with Crippen LogP contribution in [0.4, 0.5) is 4.79 Å². The van der Waals surface area contributed by atoms with Crippen LogP contribution in [0.25, 0.3) is 0 Å². The van der Waals surface area contributed by atoms with Crippen LogP contribution in [-0.4, -0.2) is 23.6 Å². The zero-order chi connectivity index (χ0) is 12.3. The van der Waals surface area contributed by atoms with Crippen molar-refractivity contribution in [2.24, 2.45) is 5.41 Å². The number of allylic oxidation sites excluding steroid dienone is 1. The lowest BCUT2D eigenvalue weighted by Crippen LogP contribution is -2.62. The van der Waals surface area contributed by atoms with Gasteiger partial charge in [-0.05, 0) is 13.3 Å². The minimum Gasteiger partial charge on any atom is -0.300 e.